The summed E-state index contributed by atoms with van der Waals surface area (Å²) in [5.74, 6) is 1.49. The van der Waals surface area contributed by atoms with Crippen LogP contribution in [-0.2, 0) is 5.41 Å². The summed E-state index contributed by atoms with van der Waals surface area (Å²) in [7, 11) is 0. The number of unbranched alkanes of at least 4 members (excludes halogenated alkanes) is 1. The Balaban J connectivity index is 1.94. The van der Waals surface area contributed by atoms with Gasteiger partial charge in [-0.1, -0.05) is 73.1 Å². The van der Waals surface area contributed by atoms with Gasteiger partial charge in [0.2, 0.25) is 0 Å². The summed E-state index contributed by atoms with van der Waals surface area (Å²) >= 11 is 0. The van der Waals surface area contributed by atoms with E-state index in [4.69, 9.17) is 4.74 Å². The van der Waals surface area contributed by atoms with Gasteiger partial charge in [0, 0.05) is 29.3 Å². The van der Waals surface area contributed by atoms with Gasteiger partial charge in [0.05, 0.1) is 0 Å². The lowest BCUT2D eigenvalue weighted by Gasteiger charge is -2.33. The molecule has 0 aliphatic carbocycles. The maximum Gasteiger partial charge on any atom is 0.179 e. The highest BCUT2D eigenvalue weighted by Gasteiger charge is 2.38. The number of phenolic OH excluding ortho intramolecular Hbond substituents is 1. The molecule has 3 nitrogen and oxygen atoms in total. The first kappa shape index (κ1) is 22.5. The fourth-order valence-electron chi connectivity index (χ4n) is 5.08. The summed E-state index contributed by atoms with van der Waals surface area (Å²) in [6.45, 7) is 16.6. The number of aromatic hydroxyl groups is 1. The van der Waals surface area contributed by atoms with Gasteiger partial charge in [-0.2, -0.15) is 0 Å². The molecule has 0 spiro atoms. The molecule has 1 aliphatic heterocycles. The van der Waals surface area contributed by atoms with Gasteiger partial charge in [-0.15, -0.1) is 0 Å². The summed E-state index contributed by atoms with van der Waals surface area (Å²) in [5, 5.41) is 10.9. The van der Waals surface area contributed by atoms with Crippen LogP contribution in [0.2, 0.25) is 0 Å². The molecule has 0 radical (unpaired) electrons. The van der Waals surface area contributed by atoms with E-state index in [1.54, 1.807) is 0 Å². The van der Waals surface area contributed by atoms with E-state index in [9.17, 15) is 5.11 Å². The van der Waals surface area contributed by atoms with E-state index in [0.29, 0.717) is 5.75 Å². The lowest BCUT2D eigenvalue weighted by molar-refractivity contribution is 0.202. The first-order chi connectivity index (χ1) is 14.0. The molecule has 164 valence electrons. The molecule has 2 aromatic rings. The topological polar surface area (TPSA) is 32.7 Å². The molecule has 1 N–H and O–H groups in total. The van der Waals surface area contributed by atoms with Gasteiger partial charge in [-0.25, -0.2) is 0 Å². The summed E-state index contributed by atoms with van der Waals surface area (Å²) in [5.41, 5.74) is 3.31. The molecule has 0 saturated heterocycles. The van der Waals surface area contributed by atoms with E-state index in [1.807, 2.05) is 6.07 Å². The van der Waals surface area contributed by atoms with Crippen molar-refractivity contribution in [2.24, 2.45) is 5.41 Å². The van der Waals surface area contributed by atoms with Crippen molar-refractivity contribution < 1.29 is 9.84 Å². The highest BCUT2D eigenvalue weighted by Crippen LogP contribution is 2.48. The lowest BCUT2D eigenvalue weighted by atomic mass is 9.71. The zero-order valence-corrected chi connectivity index (χ0v) is 19.8. The number of nitrogens with zero attached hydrogens (tertiary/aromatic N) is 1. The summed E-state index contributed by atoms with van der Waals surface area (Å²) in [6, 6.07) is 14.6. The fourth-order valence-corrected chi connectivity index (χ4v) is 5.08. The maximum atomic E-state index is 10.9. The first-order valence-electron chi connectivity index (χ1n) is 11.4. The van der Waals surface area contributed by atoms with Crippen molar-refractivity contribution in [3.63, 3.8) is 0 Å². The third-order valence-corrected chi connectivity index (χ3v) is 6.14. The Labute approximate surface area is 183 Å². The monoisotopic (exact) mass is 409 g/mol. The molecule has 2 aromatic carbocycles. The van der Waals surface area contributed by atoms with Crippen molar-refractivity contribution in [1.29, 1.82) is 0 Å². The second-order valence-electron chi connectivity index (χ2n) is 10.7. The van der Waals surface area contributed by atoms with Gasteiger partial charge in [-0.05, 0) is 47.9 Å². The van der Waals surface area contributed by atoms with Crippen LogP contribution in [0.1, 0.15) is 84.8 Å². The minimum absolute atomic E-state index is 0.0608. The van der Waals surface area contributed by atoms with Crippen molar-refractivity contribution in [1.82, 2.24) is 0 Å². The Hall–Kier alpha value is -2.16. The molecule has 2 unspecified atom stereocenters. The van der Waals surface area contributed by atoms with Gasteiger partial charge in [0.25, 0.3) is 0 Å². The Morgan fingerprint density at radius 3 is 2.30 bits per heavy atom. The number of fused-ring (bicyclic) bond motifs is 1. The predicted molar refractivity (Wildman–Crippen MR) is 127 cm³/mol. The minimum atomic E-state index is -0.136. The average Bonchev–Trinajstić information content (AvgIpc) is 2.96. The van der Waals surface area contributed by atoms with E-state index in [1.165, 1.54) is 5.69 Å². The van der Waals surface area contributed by atoms with E-state index in [0.717, 1.165) is 42.7 Å². The van der Waals surface area contributed by atoms with E-state index in [-0.39, 0.29) is 23.0 Å². The summed E-state index contributed by atoms with van der Waals surface area (Å²) in [4.78, 5) is 2.38. The zero-order chi connectivity index (χ0) is 22.1. The standard InChI is InChI=1S/C27H39NO2/c1-8-9-15-28(20-13-11-10-12-14-20)25-19(2)21-16-23(29)22(17-24(21)30-25)27(6,7)18-26(3,4)5/h10-14,16-17,19,25,29H,8-9,15,18H2,1-7H3. The Bertz CT molecular complexity index is 851. The molecule has 0 bridgehead atoms. The summed E-state index contributed by atoms with van der Waals surface area (Å²) in [6.07, 6.45) is 3.18. The molecular weight excluding hydrogens is 370 g/mol. The van der Waals surface area contributed by atoms with Crippen LogP contribution in [0.15, 0.2) is 42.5 Å². The molecule has 30 heavy (non-hydrogen) atoms. The number of ether oxygens (including phenoxy) is 1. The number of hydrogen-bond donors (Lipinski definition) is 1. The van der Waals surface area contributed by atoms with Crippen LogP contribution in [-0.4, -0.2) is 17.9 Å². The molecule has 3 heteroatoms. The van der Waals surface area contributed by atoms with E-state index < -0.39 is 0 Å². The highest BCUT2D eigenvalue weighted by molar-refractivity contribution is 5.55. The number of hydrogen-bond acceptors (Lipinski definition) is 3. The number of phenols is 1. The zero-order valence-electron chi connectivity index (χ0n) is 19.8. The predicted octanol–water partition coefficient (Wildman–Crippen LogP) is 7.23. The third kappa shape index (κ3) is 4.77. The number of benzene rings is 2. The molecule has 0 aromatic heterocycles. The Morgan fingerprint density at radius 1 is 1.03 bits per heavy atom. The molecule has 0 saturated carbocycles. The van der Waals surface area contributed by atoms with Crippen molar-refractivity contribution >= 4 is 5.69 Å². The quantitative estimate of drug-likeness (QED) is 0.523. The van der Waals surface area contributed by atoms with Crippen LogP contribution in [0.3, 0.4) is 0 Å². The van der Waals surface area contributed by atoms with Crippen LogP contribution in [0.4, 0.5) is 5.69 Å². The van der Waals surface area contributed by atoms with Gasteiger partial charge in [0.15, 0.2) is 6.23 Å². The van der Waals surface area contributed by atoms with E-state index in [2.05, 4.69) is 89.8 Å². The van der Waals surface area contributed by atoms with Crippen molar-refractivity contribution in [3.05, 3.63) is 53.6 Å². The SMILES string of the molecule is CCCCN(c1ccccc1)C1Oc2cc(C(C)(C)CC(C)(C)C)c(O)cc2C1C. The van der Waals surface area contributed by atoms with Crippen LogP contribution < -0.4 is 9.64 Å². The van der Waals surface area contributed by atoms with Crippen LogP contribution in [0, 0.1) is 5.41 Å². The maximum absolute atomic E-state index is 10.9. The normalized spacial score (nSPS) is 18.8. The van der Waals surface area contributed by atoms with Gasteiger partial charge in [-0.3, -0.25) is 0 Å². The molecule has 2 atom stereocenters. The number of rotatable bonds is 7. The Morgan fingerprint density at radius 2 is 1.70 bits per heavy atom. The van der Waals surface area contributed by atoms with Crippen LogP contribution in [0.25, 0.3) is 0 Å². The summed E-state index contributed by atoms with van der Waals surface area (Å²) < 4.78 is 6.57. The van der Waals surface area contributed by atoms with Crippen molar-refractivity contribution in [2.75, 3.05) is 11.4 Å². The average molecular weight is 410 g/mol. The highest BCUT2D eigenvalue weighted by atomic mass is 16.5. The molecule has 0 fully saturated rings. The number of anilines is 1. The van der Waals surface area contributed by atoms with E-state index >= 15 is 0 Å². The Kier molecular flexibility index (Phi) is 6.40. The third-order valence-electron chi connectivity index (χ3n) is 6.14. The molecule has 3 rings (SSSR count). The molecule has 1 heterocycles. The number of para-hydroxylation sites is 1. The molecule has 0 amide bonds. The van der Waals surface area contributed by atoms with Gasteiger partial charge < -0.3 is 14.7 Å². The minimum Gasteiger partial charge on any atom is -0.508 e. The largest absolute Gasteiger partial charge is 0.508 e. The van der Waals surface area contributed by atoms with Gasteiger partial charge in [0.1, 0.15) is 11.5 Å². The van der Waals surface area contributed by atoms with Crippen LogP contribution >= 0.6 is 0 Å². The van der Waals surface area contributed by atoms with Crippen molar-refractivity contribution in [2.45, 2.75) is 85.3 Å². The molecule has 1 aliphatic rings. The second kappa shape index (κ2) is 8.53. The van der Waals surface area contributed by atoms with Gasteiger partial charge >= 0.3 is 0 Å². The fraction of sp³-hybridized carbons (Fsp3) is 0.556. The molecular formula is C27H39NO2. The first-order valence-corrected chi connectivity index (χ1v) is 11.4. The van der Waals surface area contributed by atoms with Crippen LogP contribution in [0.5, 0.6) is 11.5 Å². The second-order valence-corrected chi connectivity index (χ2v) is 10.7. The lowest BCUT2D eigenvalue weighted by Crippen LogP contribution is -2.41. The van der Waals surface area contributed by atoms with Crippen molar-refractivity contribution in [3.8, 4) is 11.5 Å². The smallest absolute Gasteiger partial charge is 0.179 e.